The highest BCUT2D eigenvalue weighted by molar-refractivity contribution is 9.10. The summed E-state index contributed by atoms with van der Waals surface area (Å²) >= 11 is 9.69. The molecular weight excluding hydrogens is 350 g/mol. The zero-order chi connectivity index (χ0) is 14.8. The molecule has 3 nitrogen and oxygen atoms in total. The van der Waals surface area contributed by atoms with Crippen molar-refractivity contribution in [3.05, 3.63) is 51.8 Å². The normalized spacial score (nSPS) is 11.0. The molecule has 21 heavy (non-hydrogen) atoms. The van der Waals surface area contributed by atoms with Crippen LogP contribution < -0.4 is 0 Å². The van der Waals surface area contributed by atoms with E-state index in [2.05, 4.69) is 37.8 Å². The van der Waals surface area contributed by atoms with Gasteiger partial charge in [0.1, 0.15) is 10.8 Å². The van der Waals surface area contributed by atoms with E-state index in [1.807, 2.05) is 30.3 Å². The molecule has 3 rings (SSSR count). The maximum Gasteiger partial charge on any atom is 0.180 e. The number of pyridine rings is 1. The molecule has 0 bridgehead atoms. The monoisotopic (exact) mass is 361 g/mol. The Labute approximate surface area is 136 Å². The van der Waals surface area contributed by atoms with E-state index in [1.165, 1.54) is 0 Å². The van der Waals surface area contributed by atoms with Crippen molar-refractivity contribution < 1.29 is 0 Å². The third-order valence-corrected chi connectivity index (χ3v) is 4.59. The van der Waals surface area contributed by atoms with Gasteiger partial charge in [-0.1, -0.05) is 49.2 Å². The van der Waals surface area contributed by atoms with E-state index >= 15 is 0 Å². The van der Waals surface area contributed by atoms with Gasteiger partial charge in [0.15, 0.2) is 5.82 Å². The fourth-order valence-electron chi connectivity index (χ4n) is 2.27. The highest BCUT2D eigenvalue weighted by Gasteiger charge is 2.14. The lowest BCUT2D eigenvalue weighted by Gasteiger charge is -2.09. The minimum Gasteiger partial charge on any atom is -0.252 e. The number of nitrogens with zero attached hydrogens (tertiary/aromatic N) is 3. The number of benzene rings is 1. The van der Waals surface area contributed by atoms with Gasteiger partial charge in [-0.25, -0.2) is 9.97 Å². The van der Waals surface area contributed by atoms with E-state index in [1.54, 1.807) is 6.20 Å². The summed E-state index contributed by atoms with van der Waals surface area (Å²) in [5, 5.41) is 2.57. The Bertz CT molecular complexity index is 799. The second-order valence-corrected chi connectivity index (χ2v) is 5.88. The zero-order valence-corrected chi connectivity index (χ0v) is 13.8. The average molecular weight is 363 g/mol. The van der Waals surface area contributed by atoms with Gasteiger partial charge in [0.25, 0.3) is 0 Å². The van der Waals surface area contributed by atoms with Crippen molar-refractivity contribution in [2.24, 2.45) is 0 Å². The SMILES string of the molecule is CCCc1nc(-c2nccc3ccccc23)nc(Cl)c1Br. The lowest BCUT2D eigenvalue weighted by Crippen LogP contribution is -2.00. The van der Waals surface area contributed by atoms with Gasteiger partial charge in [-0.3, -0.25) is 4.98 Å². The van der Waals surface area contributed by atoms with Crippen LogP contribution in [0.3, 0.4) is 0 Å². The minimum atomic E-state index is 0.429. The highest BCUT2D eigenvalue weighted by Crippen LogP contribution is 2.29. The largest absolute Gasteiger partial charge is 0.252 e. The second-order valence-electron chi connectivity index (χ2n) is 4.73. The molecule has 106 valence electrons. The van der Waals surface area contributed by atoms with Crippen LogP contribution in [-0.2, 0) is 6.42 Å². The van der Waals surface area contributed by atoms with Gasteiger partial charge in [0.2, 0.25) is 0 Å². The lowest BCUT2D eigenvalue weighted by atomic mass is 10.1. The van der Waals surface area contributed by atoms with Gasteiger partial charge >= 0.3 is 0 Å². The molecule has 0 saturated carbocycles. The van der Waals surface area contributed by atoms with Crippen molar-refractivity contribution >= 4 is 38.3 Å². The molecule has 0 fully saturated rings. The molecular formula is C16H13BrClN3. The van der Waals surface area contributed by atoms with E-state index in [0.29, 0.717) is 11.0 Å². The molecule has 0 saturated heterocycles. The summed E-state index contributed by atoms with van der Waals surface area (Å²) in [5.41, 5.74) is 1.68. The van der Waals surface area contributed by atoms with Gasteiger partial charge in [-0.2, -0.15) is 0 Å². The van der Waals surface area contributed by atoms with E-state index in [9.17, 15) is 0 Å². The first kappa shape index (κ1) is 14.4. The van der Waals surface area contributed by atoms with Gasteiger partial charge in [0.05, 0.1) is 10.2 Å². The van der Waals surface area contributed by atoms with Crippen LogP contribution in [0.1, 0.15) is 19.0 Å². The molecule has 0 spiro atoms. The number of aromatic nitrogens is 3. The van der Waals surface area contributed by atoms with Gasteiger partial charge in [-0.15, -0.1) is 0 Å². The minimum absolute atomic E-state index is 0.429. The van der Waals surface area contributed by atoms with Gasteiger partial charge in [0, 0.05) is 11.6 Å². The standard InChI is InChI=1S/C16H13BrClN3/c1-2-5-12-13(17)15(18)21-16(20-12)14-11-7-4-3-6-10(11)8-9-19-14/h3-4,6-9H,2,5H2,1H3. The number of hydrogen-bond acceptors (Lipinski definition) is 3. The predicted octanol–water partition coefficient (Wildman–Crippen LogP) is 5.06. The molecule has 0 aliphatic carbocycles. The van der Waals surface area contributed by atoms with Gasteiger partial charge < -0.3 is 0 Å². The van der Waals surface area contributed by atoms with E-state index in [0.717, 1.165) is 39.5 Å². The Morgan fingerprint density at radius 1 is 1.14 bits per heavy atom. The Morgan fingerprint density at radius 3 is 2.76 bits per heavy atom. The number of hydrogen-bond donors (Lipinski definition) is 0. The summed E-state index contributed by atoms with van der Waals surface area (Å²) in [6.45, 7) is 2.11. The quantitative estimate of drug-likeness (QED) is 0.611. The molecule has 0 aliphatic heterocycles. The van der Waals surface area contributed by atoms with Crippen LogP contribution in [0.15, 0.2) is 41.0 Å². The first-order valence-corrected chi connectivity index (χ1v) is 7.94. The third-order valence-electron chi connectivity index (χ3n) is 3.25. The summed E-state index contributed by atoms with van der Waals surface area (Å²) in [6, 6.07) is 10.0. The molecule has 0 aliphatic rings. The smallest absolute Gasteiger partial charge is 0.180 e. The lowest BCUT2D eigenvalue weighted by molar-refractivity contribution is 0.867. The van der Waals surface area contributed by atoms with Crippen LogP contribution in [0.25, 0.3) is 22.3 Å². The first-order valence-electron chi connectivity index (χ1n) is 6.76. The van der Waals surface area contributed by atoms with E-state index < -0.39 is 0 Å². The molecule has 0 N–H and O–H groups in total. The van der Waals surface area contributed by atoms with Crippen LogP contribution >= 0.6 is 27.5 Å². The van der Waals surface area contributed by atoms with Crippen LogP contribution in [0.4, 0.5) is 0 Å². The van der Waals surface area contributed by atoms with Crippen molar-refractivity contribution in [2.45, 2.75) is 19.8 Å². The van der Waals surface area contributed by atoms with Crippen molar-refractivity contribution in [1.29, 1.82) is 0 Å². The second kappa shape index (κ2) is 6.08. The average Bonchev–Trinajstić information content (AvgIpc) is 2.51. The molecule has 0 unspecified atom stereocenters. The number of aryl methyl sites for hydroxylation is 1. The molecule has 1 aromatic carbocycles. The summed E-state index contributed by atoms with van der Waals surface area (Å²) in [6.07, 6.45) is 3.62. The van der Waals surface area contributed by atoms with Crippen molar-refractivity contribution in [3.63, 3.8) is 0 Å². The van der Waals surface area contributed by atoms with Crippen molar-refractivity contribution in [2.75, 3.05) is 0 Å². The molecule has 0 atom stereocenters. The molecule has 5 heteroatoms. The maximum atomic E-state index is 6.23. The predicted molar refractivity (Wildman–Crippen MR) is 89.5 cm³/mol. The van der Waals surface area contributed by atoms with E-state index in [4.69, 9.17) is 11.6 Å². The number of halogens is 2. The molecule has 3 aromatic rings. The molecule has 0 radical (unpaired) electrons. The topological polar surface area (TPSA) is 38.7 Å². The Hall–Kier alpha value is -1.52. The van der Waals surface area contributed by atoms with Crippen molar-refractivity contribution in [1.82, 2.24) is 15.0 Å². The van der Waals surface area contributed by atoms with Crippen LogP contribution in [-0.4, -0.2) is 15.0 Å². The Kier molecular flexibility index (Phi) is 4.17. The third kappa shape index (κ3) is 2.78. The first-order chi connectivity index (χ1) is 10.2. The summed E-state index contributed by atoms with van der Waals surface area (Å²) < 4.78 is 0.773. The number of fused-ring (bicyclic) bond motifs is 1. The fourth-order valence-corrected chi connectivity index (χ4v) is 2.83. The Balaban J connectivity index is 2.23. The summed E-state index contributed by atoms with van der Waals surface area (Å²) in [5.74, 6) is 0.573. The van der Waals surface area contributed by atoms with Gasteiger partial charge in [-0.05, 0) is 33.8 Å². The van der Waals surface area contributed by atoms with Crippen molar-refractivity contribution in [3.8, 4) is 11.5 Å². The van der Waals surface area contributed by atoms with Crippen LogP contribution in [0.2, 0.25) is 5.15 Å². The molecule has 2 aromatic heterocycles. The zero-order valence-electron chi connectivity index (χ0n) is 11.5. The molecule has 2 heterocycles. The Morgan fingerprint density at radius 2 is 1.95 bits per heavy atom. The maximum absolute atomic E-state index is 6.23. The van der Waals surface area contributed by atoms with Crippen LogP contribution in [0.5, 0.6) is 0 Å². The number of rotatable bonds is 3. The molecule has 0 amide bonds. The van der Waals surface area contributed by atoms with E-state index in [-0.39, 0.29) is 0 Å². The highest BCUT2D eigenvalue weighted by atomic mass is 79.9. The fraction of sp³-hybridized carbons (Fsp3) is 0.188. The summed E-state index contributed by atoms with van der Waals surface area (Å²) in [7, 11) is 0. The van der Waals surface area contributed by atoms with Crippen LogP contribution in [0, 0.1) is 0 Å². The summed E-state index contributed by atoms with van der Waals surface area (Å²) in [4.78, 5) is 13.5.